The Morgan fingerprint density at radius 1 is 1.12 bits per heavy atom. The number of rotatable bonds is 2. The van der Waals surface area contributed by atoms with E-state index in [9.17, 15) is 14.7 Å². The first-order valence-corrected chi connectivity index (χ1v) is 7.58. The van der Waals surface area contributed by atoms with Gasteiger partial charge in [0.1, 0.15) is 12.4 Å². The highest BCUT2D eigenvalue weighted by atomic mass is 16.6. The van der Waals surface area contributed by atoms with E-state index in [1.807, 2.05) is 12.2 Å². The van der Waals surface area contributed by atoms with Crippen LogP contribution in [0.4, 0.5) is 5.69 Å². The molecule has 2 heterocycles. The maximum Gasteiger partial charge on any atom is 0.336 e. The van der Waals surface area contributed by atoms with Gasteiger partial charge in [-0.3, -0.25) is 4.79 Å². The van der Waals surface area contributed by atoms with Gasteiger partial charge in [0, 0.05) is 22.9 Å². The molecule has 0 amide bonds. The normalized spacial score (nSPS) is 12.6. The Labute approximate surface area is 142 Å². The molecule has 0 spiro atoms. The van der Waals surface area contributed by atoms with Crippen LogP contribution in [0.5, 0.6) is 5.95 Å². The van der Waals surface area contributed by atoms with Crippen LogP contribution in [-0.4, -0.2) is 17.7 Å². The van der Waals surface area contributed by atoms with Crippen molar-refractivity contribution in [3.05, 3.63) is 63.8 Å². The van der Waals surface area contributed by atoms with Crippen molar-refractivity contribution in [2.75, 3.05) is 12.3 Å². The summed E-state index contributed by atoms with van der Waals surface area (Å²) in [7, 11) is 0. The molecular weight excluding hydrogens is 322 g/mol. The van der Waals surface area contributed by atoms with E-state index in [0.29, 0.717) is 40.3 Å². The first kappa shape index (κ1) is 15.0. The van der Waals surface area contributed by atoms with Crippen LogP contribution in [0.25, 0.3) is 28.5 Å². The largest absolute Gasteiger partial charge is 0.478 e. The topological polar surface area (TPSA) is 103 Å². The molecule has 1 aliphatic carbocycles. The maximum atomic E-state index is 11.7. The van der Waals surface area contributed by atoms with Crippen molar-refractivity contribution in [1.82, 2.24) is 0 Å². The number of carbonyl (C=O) groups is 1. The highest BCUT2D eigenvalue weighted by molar-refractivity contribution is 6.02. The molecule has 0 saturated carbocycles. The summed E-state index contributed by atoms with van der Waals surface area (Å²) in [6, 6.07) is 9.11. The van der Waals surface area contributed by atoms with Gasteiger partial charge in [0.05, 0.1) is 11.1 Å². The molecular formula is C19H13NO5. The smallest absolute Gasteiger partial charge is 0.336 e. The fourth-order valence-corrected chi connectivity index (χ4v) is 2.99. The van der Waals surface area contributed by atoms with Crippen molar-refractivity contribution < 1.29 is 19.1 Å². The number of aromatic carboxylic acids is 1. The minimum atomic E-state index is -1.09. The highest BCUT2D eigenvalue weighted by Gasteiger charge is 2.25. The van der Waals surface area contributed by atoms with Crippen LogP contribution in [0, 0.1) is 0 Å². The fraction of sp³-hybridized carbons (Fsp3) is 0.0526. The zero-order valence-corrected chi connectivity index (χ0v) is 13.0. The molecule has 1 aromatic rings. The first-order valence-electron chi connectivity index (χ1n) is 7.58. The number of nitrogens with two attached hydrogens (primary N) is 1. The summed E-state index contributed by atoms with van der Waals surface area (Å²) in [6.07, 6.45) is 3.64. The van der Waals surface area contributed by atoms with E-state index in [-0.39, 0.29) is 16.9 Å². The maximum absolute atomic E-state index is 11.7. The van der Waals surface area contributed by atoms with E-state index in [1.165, 1.54) is 18.2 Å². The number of fused-ring (bicyclic) bond motifs is 2. The van der Waals surface area contributed by atoms with Gasteiger partial charge >= 0.3 is 5.97 Å². The van der Waals surface area contributed by atoms with Crippen molar-refractivity contribution in [3.63, 3.8) is 0 Å². The molecule has 3 aliphatic rings. The van der Waals surface area contributed by atoms with Crippen molar-refractivity contribution in [1.29, 1.82) is 0 Å². The van der Waals surface area contributed by atoms with Crippen LogP contribution >= 0.6 is 0 Å². The molecule has 25 heavy (non-hydrogen) atoms. The third-order valence-electron chi connectivity index (χ3n) is 4.05. The lowest BCUT2D eigenvalue weighted by Crippen LogP contribution is -2.08. The van der Waals surface area contributed by atoms with Gasteiger partial charge in [0.25, 0.3) is 5.95 Å². The number of carboxylic acid groups (broad SMARTS) is 1. The molecule has 0 atom stereocenters. The number of hydrogen-bond donors (Lipinski definition) is 2. The number of benzene rings is 2. The summed E-state index contributed by atoms with van der Waals surface area (Å²) < 4.78 is 11.2. The minimum Gasteiger partial charge on any atom is -0.478 e. The molecule has 0 bridgehead atoms. The summed E-state index contributed by atoms with van der Waals surface area (Å²) in [6.45, 7) is 0.339. The third-order valence-corrected chi connectivity index (χ3v) is 4.05. The van der Waals surface area contributed by atoms with Crippen molar-refractivity contribution in [2.24, 2.45) is 0 Å². The summed E-state index contributed by atoms with van der Waals surface area (Å²) in [5.74, 6) is -0.500. The molecule has 6 nitrogen and oxygen atoms in total. The number of hydrogen-bond acceptors (Lipinski definition) is 5. The molecule has 0 aromatic heterocycles. The van der Waals surface area contributed by atoms with Gasteiger partial charge in [-0.25, -0.2) is 4.79 Å². The van der Waals surface area contributed by atoms with Crippen LogP contribution in [0.15, 0.2) is 51.7 Å². The Morgan fingerprint density at radius 3 is 2.72 bits per heavy atom. The second-order valence-electron chi connectivity index (χ2n) is 5.66. The number of anilines is 1. The van der Waals surface area contributed by atoms with Crippen molar-refractivity contribution >= 4 is 17.7 Å². The minimum absolute atomic E-state index is 0.0693. The monoisotopic (exact) mass is 335 g/mol. The van der Waals surface area contributed by atoms with E-state index in [2.05, 4.69) is 0 Å². The molecule has 4 rings (SSSR count). The van der Waals surface area contributed by atoms with Crippen LogP contribution < -0.4 is 15.9 Å². The van der Waals surface area contributed by atoms with Crippen molar-refractivity contribution in [3.8, 4) is 28.4 Å². The highest BCUT2D eigenvalue weighted by Crippen LogP contribution is 2.44. The molecule has 0 fully saturated rings. The van der Waals surface area contributed by atoms with Gasteiger partial charge in [0.2, 0.25) is 0 Å². The van der Waals surface area contributed by atoms with E-state index in [1.54, 1.807) is 18.2 Å². The second-order valence-corrected chi connectivity index (χ2v) is 5.66. The first-order chi connectivity index (χ1) is 12.0. The predicted molar refractivity (Wildman–Crippen MR) is 92.9 cm³/mol. The lowest BCUT2D eigenvalue weighted by molar-refractivity contribution is 0.0697. The van der Waals surface area contributed by atoms with Gasteiger partial charge in [-0.1, -0.05) is 6.07 Å². The van der Waals surface area contributed by atoms with E-state index in [4.69, 9.17) is 14.9 Å². The Bertz CT molecular complexity index is 1060. The van der Waals surface area contributed by atoms with Crippen LogP contribution in [-0.2, 0) is 0 Å². The quantitative estimate of drug-likeness (QED) is 0.698. The molecule has 1 aromatic carbocycles. The molecule has 2 aliphatic heterocycles. The van der Waals surface area contributed by atoms with Gasteiger partial charge in [-0.2, -0.15) is 0 Å². The summed E-state index contributed by atoms with van der Waals surface area (Å²) in [5, 5.41) is 9.59. The Hall–Kier alpha value is -3.54. The molecule has 6 heteroatoms. The lowest BCUT2D eigenvalue weighted by Gasteiger charge is -2.21. The van der Waals surface area contributed by atoms with E-state index < -0.39 is 5.97 Å². The predicted octanol–water partition coefficient (Wildman–Crippen LogP) is 3.10. The van der Waals surface area contributed by atoms with Gasteiger partial charge < -0.3 is 20.0 Å². The average molecular weight is 335 g/mol. The summed E-state index contributed by atoms with van der Waals surface area (Å²) >= 11 is 0. The molecule has 124 valence electrons. The Morgan fingerprint density at radius 2 is 1.92 bits per heavy atom. The Kier molecular flexibility index (Phi) is 3.32. The Balaban J connectivity index is 2.14. The third kappa shape index (κ3) is 2.44. The van der Waals surface area contributed by atoms with Gasteiger partial charge in [-0.05, 0) is 42.0 Å². The fourth-order valence-electron chi connectivity index (χ4n) is 2.99. The van der Waals surface area contributed by atoms with E-state index in [0.717, 1.165) is 0 Å². The van der Waals surface area contributed by atoms with Gasteiger partial charge in [0.15, 0.2) is 5.43 Å². The second kappa shape index (κ2) is 5.52. The average Bonchev–Trinajstić information content (AvgIpc) is 2.59. The van der Waals surface area contributed by atoms with Gasteiger partial charge in [-0.15, -0.1) is 0 Å². The van der Waals surface area contributed by atoms with Crippen LogP contribution in [0.1, 0.15) is 15.9 Å². The lowest BCUT2D eigenvalue weighted by atomic mass is 9.89. The van der Waals surface area contributed by atoms with E-state index >= 15 is 0 Å². The molecule has 0 unspecified atom stereocenters. The van der Waals surface area contributed by atoms with Crippen LogP contribution in [0.3, 0.4) is 0 Å². The molecule has 0 saturated heterocycles. The standard InChI is InChI=1S/C19H13NO5/c20-10-3-5-12(15(8-10)18(22)23)17-13-6-4-11(21)9-16(13)25-19-14(17)2-1-7-24-19/h1-6,8-9H,7,20H2,(H,22,23). The molecule has 3 N–H and O–H groups in total. The number of nitrogen functional groups attached to an aromatic ring is 1. The molecule has 0 radical (unpaired) electrons. The SMILES string of the molecule is Nc1ccc(-c2c3ccc(=O)cc-3oc3c2C=CCO3)c(C(=O)O)c1. The summed E-state index contributed by atoms with van der Waals surface area (Å²) in [4.78, 5) is 23.4. The zero-order chi connectivity index (χ0) is 17.6. The van der Waals surface area contributed by atoms with Crippen molar-refractivity contribution in [2.45, 2.75) is 0 Å². The number of carboxylic acids is 1. The number of ether oxygens (including phenoxy) is 1. The van der Waals surface area contributed by atoms with Crippen LogP contribution in [0.2, 0.25) is 0 Å². The summed E-state index contributed by atoms with van der Waals surface area (Å²) in [5.41, 5.74) is 8.34. The zero-order valence-electron chi connectivity index (χ0n) is 13.0.